The van der Waals surface area contributed by atoms with Crippen LogP contribution in [0, 0.1) is 10.1 Å². The molecule has 1 saturated heterocycles. The molecule has 2 unspecified atom stereocenters. The summed E-state index contributed by atoms with van der Waals surface area (Å²) < 4.78 is 5.70. The maximum absolute atomic E-state index is 10.9. The van der Waals surface area contributed by atoms with Gasteiger partial charge in [0.2, 0.25) is 0 Å². The fourth-order valence-corrected chi connectivity index (χ4v) is 2.77. The third kappa shape index (κ3) is 4.77. The van der Waals surface area contributed by atoms with Crippen LogP contribution in [0.4, 0.5) is 5.69 Å². The van der Waals surface area contributed by atoms with E-state index < -0.39 is 0 Å². The summed E-state index contributed by atoms with van der Waals surface area (Å²) >= 11 is 0. The number of nitrogens with zero attached hydrogens (tertiary/aromatic N) is 2. The molecule has 1 aromatic carbocycles. The van der Waals surface area contributed by atoms with Crippen LogP contribution in [0.25, 0.3) is 0 Å². The Morgan fingerprint density at radius 3 is 2.67 bits per heavy atom. The molecule has 6 nitrogen and oxygen atoms in total. The van der Waals surface area contributed by atoms with Gasteiger partial charge in [0.1, 0.15) is 0 Å². The van der Waals surface area contributed by atoms with Crippen LogP contribution in [0.5, 0.6) is 0 Å². The van der Waals surface area contributed by atoms with Crippen molar-refractivity contribution in [2.75, 3.05) is 26.2 Å². The maximum Gasteiger partial charge on any atom is 0.273 e. The van der Waals surface area contributed by atoms with E-state index in [1.807, 2.05) is 6.07 Å². The molecular weight excluding hydrogens is 270 g/mol. The van der Waals surface area contributed by atoms with Crippen molar-refractivity contribution in [3.63, 3.8) is 0 Å². The minimum atomic E-state index is -0.331. The predicted molar refractivity (Wildman–Crippen MR) is 81.3 cm³/mol. The number of nitro benzene ring substituents is 1. The number of hydrogen-bond donors (Lipinski definition) is 1. The highest BCUT2D eigenvalue weighted by Crippen LogP contribution is 2.17. The summed E-state index contributed by atoms with van der Waals surface area (Å²) in [5, 5.41) is 14.2. The Balaban J connectivity index is 1.76. The van der Waals surface area contributed by atoms with Gasteiger partial charge in [-0.15, -0.1) is 0 Å². The second-order valence-electron chi connectivity index (χ2n) is 5.58. The Bertz CT molecular complexity index is 471. The number of hydrogen-bond acceptors (Lipinski definition) is 5. The smallest absolute Gasteiger partial charge is 0.273 e. The lowest BCUT2D eigenvalue weighted by molar-refractivity contribution is -0.385. The van der Waals surface area contributed by atoms with Gasteiger partial charge >= 0.3 is 0 Å². The standard InChI is InChI=1S/C15H23N3O3/c1-12-10-17(11-13(2)21-12)8-7-16-9-14-5-3-4-6-15(14)18(19)20/h3-6,12-13,16H,7-11H2,1-2H3. The molecule has 0 radical (unpaired) electrons. The molecule has 0 saturated carbocycles. The third-order valence-corrected chi connectivity index (χ3v) is 3.60. The quantitative estimate of drug-likeness (QED) is 0.492. The zero-order valence-corrected chi connectivity index (χ0v) is 12.6. The monoisotopic (exact) mass is 293 g/mol. The van der Waals surface area contributed by atoms with Crippen LogP contribution in [0.15, 0.2) is 24.3 Å². The molecule has 0 bridgehead atoms. The first-order chi connectivity index (χ1) is 10.1. The summed E-state index contributed by atoms with van der Waals surface area (Å²) in [7, 11) is 0. The van der Waals surface area contributed by atoms with Gasteiger partial charge in [0.15, 0.2) is 0 Å². The Morgan fingerprint density at radius 1 is 1.33 bits per heavy atom. The van der Waals surface area contributed by atoms with Crippen molar-refractivity contribution < 1.29 is 9.66 Å². The fourth-order valence-electron chi connectivity index (χ4n) is 2.77. The van der Waals surface area contributed by atoms with Crippen molar-refractivity contribution in [1.29, 1.82) is 0 Å². The van der Waals surface area contributed by atoms with Crippen LogP contribution in [-0.4, -0.2) is 48.2 Å². The molecule has 21 heavy (non-hydrogen) atoms. The van der Waals surface area contributed by atoms with Gasteiger partial charge in [-0.3, -0.25) is 15.0 Å². The fraction of sp³-hybridized carbons (Fsp3) is 0.600. The number of nitrogens with one attached hydrogen (secondary N) is 1. The second-order valence-corrected chi connectivity index (χ2v) is 5.58. The lowest BCUT2D eigenvalue weighted by Crippen LogP contribution is -2.47. The molecule has 1 heterocycles. The molecule has 1 aliphatic rings. The van der Waals surface area contributed by atoms with Crippen LogP contribution in [0.1, 0.15) is 19.4 Å². The Morgan fingerprint density at radius 2 is 2.00 bits per heavy atom. The number of benzene rings is 1. The van der Waals surface area contributed by atoms with Crippen LogP contribution in [0.2, 0.25) is 0 Å². The first-order valence-corrected chi connectivity index (χ1v) is 7.37. The second kappa shape index (κ2) is 7.49. The molecule has 1 aliphatic heterocycles. The van der Waals surface area contributed by atoms with Gasteiger partial charge in [0.05, 0.1) is 17.1 Å². The largest absolute Gasteiger partial charge is 0.373 e. The number of rotatable bonds is 6. The van der Waals surface area contributed by atoms with Gasteiger partial charge in [0, 0.05) is 44.4 Å². The average molecular weight is 293 g/mol. The van der Waals surface area contributed by atoms with E-state index in [0.29, 0.717) is 6.54 Å². The van der Waals surface area contributed by atoms with Crippen molar-refractivity contribution in [3.05, 3.63) is 39.9 Å². The SMILES string of the molecule is CC1CN(CCNCc2ccccc2[N+](=O)[O-])CC(C)O1. The number of nitro groups is 1. The van der Waals surface area contributed by atoms with E-state index in [-0.39, 0.29) is 22.8 Å². The average Bonchev–Trinajstić information content (AvgIpc) is 2.43. The van der Waals surface area contributed by atoms with Gasteiger partial charge in [-0.2, -0.15) is 0 Å². The molecule has 2 atom stereocenters. The highest BCUT2D eigenvalue weighted by atomic mass is 16.6. The first kappa shape index (κ1) is 15.9. The summed E-state index contributed by atoms with van der Waals surface area (Å²) in [5.74, 6) is 0. The number of ether oxygens (including phenoxy) is 1. The molecule has 1 aromatic rings. The van der Waals surface area contributed by atoms with E-state index >= 15 is 0 Å². The summed E-state index contributed by atoms with van der Waals surface area (Å²) in [6.45, 7) is 8.32. The summed E-state index contributed by atoms with van der Waals surface area (Å²) in [6, 6.07) is 6.86. The van der Waals surface area contributed by atoms with Gasteiger partial charge in [-0.05, 0) is 13.8 Å². The normalized spacial score (nSPS) is 23.1. The number of para-hydroxylation sites is 1. The number of morpholine rings is 1. The maximum atomic E-state index is 10.9. The first-order valence-electron chi connectivity index (χ1n) is 7.37. The molecule has 0 spiro atoms. The van der Waals surface area contributed by atoms with E-state index in [1.165, 1.54) is 0 Å². The van der Waals surface area contributed by atoms with E-state index in [2.05, 4.69) is 24.1 Å². The molecule has 1 N–H and O–H groups in total. The van der Waals surface area contributed by atoms with Gasteiger partial charge < -0.3 is 10.1 Å². The predicted octanol–water partition coefficient (Wildman–Crippen LogP) is 1.79. The molecule has 1 fully saturated rings. The minimum Gasteiger partial charge on any atom is -0.373 e. The molecule has 6 heteroatoms. The van der Waals surface area contributed by atoms with Crippen LogP contribution in [-0.2, 0) is 11.3 Å². The van der Waals surface area contributed by atoms with Gasteiger partial charge in [0.25, 0.3) is 5.69 Å². The molecular formula is C15H23N3O3. The van der Waals surface area contributed by atoms with Crippen LogP contribution in [0.3, 0.4) is 0 Å². The van der Waals surface area contributed by atoms with Crippen molar-refractivity contribution in [2.45, 2.75) is 32.6 Å². The zero-order chi connectivity index (χ0) is 15.2. The van der Waals surface area contributed by atoms with E-state index in [9.17, 15) is 10.1 Å². The third-order valence-electron chi connectivity index (χ3n) is 3.60. The van der Waals surface area contributed by atoms with Crippen LogP contribution < -0.4 is 5.32 Å². The van der Waals surface area contributed by atoms with E-state index in [1.54, 1.807) is 18.2 Å². The van der Waals surface area contributed by atoms with E-state index in [4.69, 9.17) is 4.74 Å². The summed E-state index contributed by atoms with van der Waals surface area (Å²) in [6.07, 6.45) is 0.535. The molecule has 0 aromatic heterocycles. The highest BCUT2D eigenvalue weighted by molar-refractivity contribution is 5.39. The molecule has 116 valence electrons. The minimum absolute atomic E-state index is 0.179. The summed E-state index contributed by atoms with van der Waals surface area (Å²) in [5.41, 5.74) is 0.907. The lowest BCUT2D eigenvalue weighted by atomic mass is 10.2. The van der Waals surface area contributed by atoms with Crippen molar-refractivity contribution >= 4 is 5.69 Å². The van der Waals surface area contributed by atoms with Crippen molar-refractivity contribution in [2.24, 2.45) is 0 Å². The highest BCUT2D eigenvalue weighted by Gasteiger charge is 2.21. The Labute approximate surface area is 125 Å². The Hall–Kier alpha value is -1.50. The summed E-state index contributed by atoms with van der Waals surface area (Å²) in [4.78, 5) is 13.0. The zero-order valence-electron chi connectivity index (χ0n) is 12.6. The molecule has 0 amide bonds. The van der Waals surface area contributed by atoms with Crippen LogP contribution >= 0.6 is 0 Å². The Kier molecular flexibility index (Phi) is 5.67. The van der Waals surface area contributed by atoms with E-state index in [0.717, 1.165) is 31.7 Å². The lowest BCUT2D eigenvalue weighted by Gasteiger charge is -2.35. The molecule has 2 rings (SSSR count). The van der Waals surface area contributed by atoms with Crippen molar-refractivity contribution in [1.82, 2.24) is 10.2 Å². The van der Waals surface area contributed by atoms with Crippen molar-refractivity contribution in [3.8, 4) is 0 Å². The molecule has 0 aliphatic carbocycles. The topological polar surface area (TPSA) is 67.6 Å². The van der Waals surface area contributed by atoms with Gasteiger partial charge in [-0.25, -0.2) is 0 Å². The van der Waals surface area contributed by atoms with Gasteiger partial charge in [-0.1, -0.05) is 18.2 Å².